The second-order valence-electron chi connectivity index (χ2n) is 3.66. The van der Waals surface area contributed by atoms with Gasteiger partial charge in [-0.1, -0.05) is 12.1 Å². The predicted molar refractivity (Wildman–Crippen MR) is 66.8 cm³/mol. The van der Waals surface area contributed by atoms with Gasteiger partial charge in [-0.2, -0.15) is 4.99 Å². The summed E-state index contributed by atoms with van der Waals surface area (Å²) in [7, 11) is 0. The van der Waals surface area contributed by atoms with Crippen molar-refractivity contribution in [1.82, 2.24) is 9.38 Å². The molecule has 0 atom stereocenters. The van der Waals surface area contributed by atoms with Gasteiger partial charge in [0, 0.05) is 12.3 Å². The van der Waals surface area contributed by atoms with E-state index in [2.05, 4.69) is 9.98 Å². The van der Waals surface area contributed by atoms with Crippen LogP contribution >= 0.6 is 11.3 Å². The van der Waals surface area contributed by atoms with Crippen molar-refractivity contribution in [3.8, 4) is 0 Å². The first-order valence-corrected chi connectivity index (χ1v) is 6.03. The van der Waals surface area contributed by atoms with Crippen molar-refractivity contribution >= 4 is 33.8 Å². The number of hydrogen-bond acceptors (Lipinski definition) is 3. The van der Waals surface area contributed by atoms with Crippen molar-refractivity contribution in [3.63, 3.8) is 0 Å². The molecule has 5 heteroatoms. The lowest BCUT2D eigenvalue weighted by Gasteiger charge is -2.00. The van der Waals surface area contributed by atoms with Crippen molar-refractivity contribution in [2.24, 2.45) is 4.99 Å². The average Bonchev–Trinajstić information content (AvgIpc) is 2.72. The summed E-state index contributed by atoms with van der Waals surface area (Å²) in [6, 6.07) is 7.81. The van der Waals surface area contributed by atoms with Gasteiger partial charge in [0.1, 0.15) is 0 Å². The molecule has 1 aromatic carbocycles. The summed E-state index contributed by atoms with van der Waals surface area (Å²) in [6.45, 7) is 1.45. The quantitative estimate of drug-likeness (QED) is 0.606. The monoisotopic (exact) mass is 243 g/mol. The number of carbonyl (C=O) groups excluding carboxylic acids is 1. The number of para-hydroxylation sites is 2. The molecule has 0 saturated carbocycles. The van der Waals surface area contributed by atoms with E-state index in [4.69, 9.17) is 0 Å². The molecule has 0 bridgehead atoms. The van der Waals surface area contributed by atoms with Gasteiger partial charge in [0.05, 0.1) is 22.7 Å². The fraction of sp³-hybridized carbons (Fsp3) is 0.0833. The molecule has 3 aromatic rings. The van der Waals surface area contributed by atoms with Gasteiger partial charge in [0.25, 0.3) is 0 Å². The minimum absolute atomic E-state index is 0.192. The Balaban J connectivity index is 2.55. The molecule has 4 nitrogen and oxygen atoms in total. The smallest absolute Gasteiger partial charge is 0.245 e. The first kappa shape index (κ1) is 10.2. The maximum atomic E-state index is 11.1. The van der Waals surface area contributed by atoms with E-state index < -0.39 is 0 Å². The van der Waals surface area contributed by atoms with Crippen molar-refractivity contribution < 1.29 is 4.79 Å². The summed E-state index contributed by atoms with van der Waals surface area (Å²) in [4.78, 5) is 20.2. The SMILES string of the molecule is CC(=O)N=c1scc2cnc3ccccc3n12. The highest BCUT2D eigenvalue weighted by molar-refractivity contribution is 7.07. The van der Waals surface area contributed by atoms with E-state index in [1.54, 1.807) is 6.20 Å². The molecule has 1 amide bonds. The molecule has 2 aromatic heterocycles. The number of thiazole rings is 1. The molecule has 0 saturated heterocycles. The van der Waals surface area contributed by atoms with Crippen LogP contribution in [0.5, 0.6) is 0 Å². The van der Waals surface area contributed by atoms with Crippen molar-refractivity contribution in [2.75, 3.05) is 0 Å². The lowest BCUT2D eigenvalue weighted by atomic mass is 10.3. The van der Waals surface area contributed by atoms with Crippen LogP contribution in [-0.4, -0.2) is 15.3 Å². The largest absolute Gasteiger partial charge is 0.282 e. The number of fused-ring (bicyclic) bond motifs is 3. The number of benzene rings is 1. The fourth-order valence-electron chi connectivity index (χ4n) is 1.77. The molecule has 17 heavy (non-hydrogen) atoms. The molecule has 84 valence electrons. The zero-order chi connectivity index (χ0) is 11.8. The highest BCUT2D eigenvalue weighted by Crippen LogP contribution is 2.13. The fourth-order valence-corrected chi connectivity index (χ4v) is 2.65. The van der Waals surface area contributed by atoms with Gasteiger partial charge in [0.2, 0.25) is 5.91 Å². The third-order valence-corrected chi connectivity index (χ3v) is 3.29. The molecule has 3 rings (SSSR count). The van der Waals surface area contributed by atoms with Crippen LogP contribution in [0.3, 0.4) is 0 Å². The second kappa shape index (κ2) is 3.78. The Bertz CT molecular complexity index is 785. The average molecular weight is 243 g/mol. The molecular formula is C12H9N3OS. The third kappa shape index (κ3) is 1.64. The van der Waals surface area contributed by atoms with Crippen LogP contribution in [0.15, 0.2) is 40.8 Å². The molecule has 2 heterocycles. The Kier molecular flexibility index (Phi) is 2.26. The Hall–Kier alpha value is -2.01. The summed E-state index contributed by atoms with van der Waals surface area (Å²) in [5.41, 5.74) is 2.81. The molecule has 0 aliphatic heterocycles. The molecule has 0 radical (unpaired) electrons. The standard InChI is InChI=1S/C12H9N3OS/c1-8(16)14-12-15-9(7-17-12)6-13-10-4-2-3-5-11(10)15/h2-7H,1H3. The first-order valence-electron chi connectivity index (χ1n) is 5.15. The van der Waals surface area contributed by atoms with E-state index in [1.807, 2.05) is 34.0 Å². The summed E-state index contributed by atoms with van der Waals surface area (Å²) in [5.74, 6) is -0.192. The van der Waals surface area contributed by atoms with Gasteiger partial charge in [0.15, 0.2) is 4.80 Å². The summed E-state index contributed by atoms with van der Waals surface area (Å²) < 4.78 is 1.95. The van der Waals surface area contributed by atoms with Crippen molar-refractivity contribution in [1.29, 1.82) is 0 Å². The van der Waals surface area contributed by atoms with Crippen LogP contribution in [-0.2, 0) is 4.79 Å². The van der Waals surface area contributed by atoms with Crippen LogP contribution in [0.2, 0.25) is 0 Å². The lowest BCUT2D eigenvalue weighted by molar-refractivity contribution is -0.116. The van der Waals surface area contributed by atoms with Crippen LogP contribution < -0.4 is 4.80 Å². The molecule has 0 aliphatic carbocycles. The molecule has 0 fully saturated rings. The normalized spacial score (nSPS) is 12.4. The number of nitrogens with zero attached hydrogens (tertiary/aromatic N) is 3. The zero-order valence-corrected chi connectivity index (χ0v) is 9.94. The van der Waals surface area contributed by atoms with E-state index in [0.29, 0.717) is 4.80 Å². The molecule has 0 N–H and O–H groups in total. The van der Waals surface area contributed by atoms with Crippen LogP contribution in [0.1, 0.15) is 6.92 Å². The minimum atomic E-state index is -0.192. The number of aromatic nitrogens is 2. The first-order chi connectivity index (χ1) is 8.25. The number of hydrogen-bond donors (Lipinski definition) is 0. The van der Waals surface area contributed by atoms with Gasteiger partial charge in [-0.15, -0.1) is 11.3 Å². The zero-order valence-electron chi connectivity index (χ0n) is 9.12. The van der Waals surface area contributed by atoms with Crippen LogP contribution in [0.4, 0.5) is 0 Å². The van der Waals surface area contributed by atoms with Gasteiger partial charge in [-0.3, -0.25) is 14.2 Å². The van der Waals surface area contributed by atoms with Crippen LogP contribution in [0, 0.1) is 0 Å². The van der Waals surface area contributed by atoms with E-state index in [1.165, 1.54) is 18.3 Å². The number of carbonyl (C=O) groups is 1. The maximum Gasteiger partial charge on any atom is 0.245 e. The second-order valence-corrected chi connectivity index (χ2v) is 4.49. The topological polar surface area (TPSA) is 46.7 Å². The van der Waals surface area contributed by atoms with Gasteiger partial charge < -0.3 is 0 Å². The Morgan fingerprint density at radius 1 is 1.41 bits per heavy atom. The maximum absolute atomic E-state index is 11.1. The Labute approximate surface area is 101 Å². The number of rotatable bonds is 0. The number of amides is 1. The van der Waals surface area contributed by atoms with Crippen molar-refractivity contribution in [3.05, 3.63) is 40.6 Å². The highest BCUT2D eigenvalue weighted by atomic mass is 32.1. The molecule has 0 unspecified atom stereocenters. The summed E-state index contributed by atoms with van der Waals surface area (Å²) >= 11 is 1.44. The minimum Gasteiger partial charge on any atom is -0.282 e. The summed E-state index contributed by atoms with van der Waals surface area (Å²) in [6.07, 6.45) is 1.79. The Morgan fingerprint density at radius 3 is 3.06 bits per heavy atom. The van der Waals surface area contributed by atoms with E-state index in [-0.39, 0.29) is 5.91 Å². The Morgan fingerprint density at radius 2 is 2.24 bits per heavy atom. The van der Waals surface area contributed by atoms with Gasteiger partial charge >= 0.3 is 0 Å². The van der Waals surface area contributed by atoms with Crippen LogP contribution in [0.25, 0.3) is 16.6 Å². The van der Waals surface area contributed by atoms with Gasteiger partial charge in [-0.25, -0.2) is 0 Å². The molecule has 0 spiro atoms. The predicted octanol–water partition coefficient (Wildman–Crippen LogP) is 2.00. The summed E-state index contributed by atoms with van der Waals surface area (Å²) in [5, 5.41) is 1.95. The lowest BCUT2D eigenvalue weighted by Crippen LogP contribution is -2.10. The molecular weight excluding hydrogens is 234 g/mol. The highest BCUT2D eigenvalue weighted by Gasteiger charge is 2.03. The van der Waals surface area contributed by atoms with E-state index in [0.717, 1.165) is 16.6 Å². The molecule has 0 aliphatic rings. The van der Waals surface area contributed by atoms with E-state index >= 15 is 0 Å². The van der Waals surface area contributed by atoms with Crippen molar-refractivity contribution in [2.45, 2.75) is 6.92 Å². The van der Waals surface area contributed by atoms with E-state index in [9.17, 15) is 4.79 Å². The third-order valence-electron chi connectivity index (χ3n) is 2.45. The van der Waals surface area contributed by atoms with Gasteiger partial charge in [-0.05, 0) is 12.1 Å².